The number of carbonyl (C=O) groups excluding carboxylic acids is 1. The van der Waals surface area contributed by atoms with Crippen LogP contribution in [-0.2, 0) is 0 Å². The molecule has 0 saturated carbocycles. The van der Waals surface area contributed by atoms with E-state index >= 15 is 0 Å². The second-order valence-electron chi connectivity index (χ2n) is 4.08. The van der Waals surface area contributed by atoms with E-state index in [9.17, 15) is 4.79 Å². The highest BCUT2D eigenvalue weighted by atomic mass is 16.1. The van der Waals surface area contributed by atoms with Crippen LogP contribution in [0.5, 0.6) is 0 Å². The monoisotopic (exact) mass is 235 g/mol. The van der Waals surface area contributed by atoms with Crippen LogP contribution in [0, 0.1) is 6.92 Å². The van der Waals surface area contributed by atoms with Crippen LogP contribution in [0.3, 0.4) is 0 Å². The van der Waals surface area contributed by atoms with Gasteiger partial charge >= 0.3 is 0 Å². The molecule has 0 aromatic heterocycles. The molecule has 0 saturated heterocycles. The molecule has 17 heavy (non-hydrogen) atoms. The van der Waals surface area contributed by atoms with Gasteiger partial charge in [0.25, 0.3) is 5.91 Å². The predicted molar refractivity (Wildman–Crippen MR) is 71.1 cm³/mol. The van der Waals surface area contributed by atoms with E-state index in [4.69, 9.17) is 5.73 Å². The lowest BCUT2D eigenvalue weighted by atomic mass is 10.1. The Labute approximate surface area is 103 Å². The van der Waals surface area contributed by atoms with Gasteiger partial charge in [-0.25, -0.2) is 0 Å². The zero-order chi connectivity index (χ0) is 12.7. The van der Waals surface area contributed by atoms with Crippen molar-refractivity contribution in [2.45, 2.75) is 20.3 Å². The summed E-state index contributed by atoms with van der Waals surface area (Å²) in [5.74, 6) is -0.0619. The molecule has 4 heteroatoms. The number of nitrogens with one attached hydrogen (secondary N) is 2. The number of hydrogen-bond acceptors (Lipinski definition) is 3. The average Bonchev–Trinajstić information content (AvgIpc) is 2.32. The lowest BCUT2D eigenvalue weighted by molar-refractivity contribution is 0.0953. The second-order valence-corrected chi connectivity index (χ2v) is 4.08. The summed E-state index contributed by atoms with van der Waals surface area (Å²) in [4.78, 5) is 11.9. The molecule has 1 amide bonds. The number of hydrogen-bond donors (Lipinski definition) is 3. The maximum absolute atomic E-state index is 11.9. The van der Waals surface area contributed by atoms with Gasteiger partial charge in [-0.3, -0.25) is 4.79 Å². The van der Waals surface area contributed by atoms with Gasteiger partial charge in [-0.2, -0.15) is 0 Å². The summed E-state index contributed by atoms with van der Waals surface area (Å²) < 4.78 is 0. The van der Waals surface area contributed by atoms with Crippen LogP contribution in [0.4, 0.5) is 5.69 Å². The normalized spacial score (nSPS) is 10.2. The number of amides is 1. The molecule has 1 aromatic rings. The molecule has 0 fully saturated rings. The second kappa shape index (κ2) is 6.91. The molecule has 1 rings (SSSR count). The molecule has 1 aromatic carbocycles. The highest BCUT2D eigenvalue weighted by molar-refractivity contribution is 5.96. The number of anilines is 1. The quantitative estimate of drug-likeness (QED) is 0.514. The Balaban J connectivity index is 2.44. The van der Waals surface area contributed by atoms with Gasteiger partial charge in [0, 0.05) is 24.3 Å². The molecule has 0 radical (unpaired) electrons. The van der Waals surface area contributed by atoms with Crippen LogP contribution in [0.25, 0.3) is 0 Å². The highest BCUT2D eigenvalue weighted by Crippen LogP contribution is 2.12. The highest BCUT2D eigenvalue weighted by Gasteiger charge is 2.08. The molecule has 0 aliphatic carbocycles. The Kier molecular flexibility index (Phi) is 5.49. The van der Waals surface area contributed by atoms with Crippen LogP contribution in [0.1, 0.15) is 29.3 Å². The summed E-state index contributed by atoms with van der Waals surface area (Å²) in [5, 5.41) is 6.10. The lowest BCUT2D eigenvalue weighted by Gasteiger charge is -2.08. The van der Waals surface area contributed by atoms with Gasteiger partial charge in [-0.05, 0) is 37.6 Å². The zero-order valence-electron chi connectivity index (χ0n) is 10.5. The van der Waals surface area contributed by atoms with Gasteiger partial charge in [-0.1, -0.05) is 13.0 Å². The van der Waals surface area contributed by atoms with Crippen LogP contribution in [0.2, 0.25) is 0 Å². The van der Waals surface area contributed by atoms with Crippen LogP contribution in [0.15, 0.2) is 18.2 Å². The minimum absolute atomic E-state index is 0.0619. The molecule has 0 aliphatic rings. The van der Waals surface area contributed by atoms with Gasteiger partial charge in [0.15, 0.2) is 0 Å². The number of aryl methyl sites for hydroxylation is 1. The average molecular weight is 235 g/mol. The largest absolute Gasteiger partial charge is 0.399 e. The summed E-state index contributed by atoms with van der Waals surface area (Å²) in [6.45, 7) is 6.42. The molecule has 4 nitrogen and oxygen atoms in total. The summed E-state index contributed by atoms with van der Waals surface area (Å²) in [6, 6.07) is 5.37. The first-order chi connectivity index (χ1) is 8.15. The Morgan fingerprint density at radius 3 is 2.76 bits per heavy atom. The van der Waals surface area contributed by atoms with Crippen molar-refractivity contribution in [2.24, 2.45) is 0 Å². The van der Waals surface area contributed by atoms with Crippen LogP contribution < -0.4 is 16.4 Å². The van der Waals surface area contributed by atoms with E-state index in [0.717, 1.165) is 25.1 Å². The number of nitrogens with two attached hydrogens (primary N) is 1. The smallest absolute Gasteiger partial charge is 0.251 e. The minimum Gasteiger partial charge on any atom is -0.399 e. The van der Waals surface area contributed by atoms with Gasteiger partial charge in [0.1, 0.15) is 0 Å². The van der Waals surface area contributed by atoms with Gasteiger partial charge in [-0.15, -0.1) is 0 Å². The van der Waals surface area contributed by atoms with Gasteiger partial charge in [0.05, 0.1) is 0 Å². The Bertz CT molecular complexity index is 377. The molecular formula is C13H21N3O. The van der Waals surface area contributed by atoms with Gasteiger partial charge in [0.2, 0.25) is 0 Å². The maximum Gasteiger partial charge on any atom is 0.251 e. The third-order valence-electron chi connectivity index (χ3n) is 2.52. The van der Waals surface area contributed by atoms with E-state index in [1.165, 1.54) is 0 Å². The molecule has 0 unspecified atom stereocenters. The van der Waals surface area contributed by atoms with Gasteiger partial charge < -0.3 is 16.4 Å². The molecule has 0 bridgehead atoms. The fraction of sp³-hybridized carbons (Fsp3) is 0.462. The first-order valence-electron chi connectivity index (χ1n) is 6.00. The molecular weight excluding hydrogens is 214 g/mol. The van der Waals surface area contributed by atoms with E-state index in [1.54, 1.807) is 12.1 Å². The molecule has 4 N–H and O–H groups in total. The van der Waals surface area contributed by atoms with Crippen molar-refractivity contribution in [1.82, 2.24) is 10.6 Å². The van der Waals surface area contributed by atoms with Crippen molar-refractivity contribution in [2.75, 3.05) is 25.4 Å². The molecule has 0 heterocycles. The van der Waals surface area contributed by atoms with E-state index in [-0.39, 0.29) is 5.91 Å². The zero-order valence-corrected chi connectivity index (χ0v) is 10.5. The Morgan fingerprint density at radius 2 is 2.06 bits per heavy atom. The summed E-state index contributed by atoms with van der Waals surface area (Å²) in [7, 11) is 0. The third-order valence-corrected chi connectivity index (χ3v) is 2.52. The molecule has 0 atom stereocenters. The predicted octanol–water partition coefficient (Wildman–Crippen LogP) is 1.31. The Morgan fingerprint density at radius 1 is 1.29 bits per heavy atom. The lowest BCUT2D eigenvalue weighted by Crippen LogP contribution is -2.32. The van der Waals surface area contributed by atoms with Crippen molar-refractivity contribution in [3.05, 3.63) is 29.3 Å². The first-order valence-corrected chi connectivity index (χ1v) is 6.00. The standard InChI is InChI=1S/C13H21N3O/c1-3-6-15-7-8-16-13(17)12-9-11(14)5-4-10(12)2/h4-5,9,15H,3,6-8,14H2,1-2H3,(H,16,17). The SMILES string of the molecule is CCCNCCNC(=O)c1cc(N)ccc1C. The van der Waals surface area contributed by atoms with Crippen LogP contribution in [-0.4, -0.2) is 25.5 Å². The van der Waals surface area contributed by atoms with E-state index in [2.05, 4.69) is 17.6 Å². The maximum atomic E-state index is 11.9. The van der Waals surface area contributed by atoms with Crippen molar-refractivity contribution in [3.8, 4) is 0 Å². The van der Waals surface area contributed by atoms with Crippen molar-refractivity contribution < 1.29 is 4.79 Å². The van der Waals surface area contributed by atoms with E-state index < -0.39 is 0 Å². The number of benzene rings is 1. The fourth-order valence-corrected chi connectivity index (χ4v) is 1.55. The minimum atomic E-state index is -0.0619. The van der Waals surface area contributed by atoms with E-state index in [1.807, 2.05) is 13.0 Å². The Hall–Kier alpha value is -1.55. The molecule has 0 aliphatic heterocycles. The summed E-state index contributed by atoms with van der Waals surface area (Å²) >= 11 is 0. The van der Waals surface area contributed by atoms with Crippen LogP contribution >= 0.6 is 0 Å². The summed E-state index contributed by atoms with van der Waals surface area (Å²) in [6.07, 6.45) is 1.10. The van der Waals surface area contributed by atoms with Crippen molar-refractivity contribution >= 4 is 11.6 Å². The van der Waals surface area contributed by atoms with E-state index in [0.29, 0.717) is 17.8 Å². The molecule has 0 spiro atoms. The number of nitrogen functional groups attached to an aromatic ring is 1. The molecule has 94 valence electrons. The third kappa shape index (κ3) is 4.44. The topological polar surface area (TPSA) is 67.1 Å². The number of carbonyl (C=O) groups is 1. The summed E-state index contributed by atoms with van der Waals surface area (Å²) in [5.41, 5.74) is 7.88. The fourth-order valence-electron chi connectivity index (χ4n) is 1.55. The van der Waals surface area contributed by atoms with Crippen molar-refractivity contribution in [1.29, 1.82) is 0 Å². The van der Waals surface area contributed by atoms with Crippen molar-refractivity contribution in [3.63, 3.8) is 0 Å². The first kappa shape index (κ1) is 13.5. The number of rotatable bonds is 6.